The molecule has 1 aromatic heterocycles. The molecule has 0 radical (unpaired) electrons. The van der Waals surface area contributed by atoms with Gasteiger partial charge in [-0.15, -0.1) is 11.3 Å². The number of thiophene rings is 1. The largest absolute Gasteiger partial charge is 0.398 e. The molecule has 0 aromatic carbocycles. The van der Waals surface area contributed by atoms with E-state index in [0.29, 0.717) is 18.7 Å². The Balaban J connectivity index is 3.01. The highest BCUT2D eigenvalue weighted by Gasteiger charge is 2.27. The maximum Gasteiger partial charge on any atom is 0.253 e. The number of carbonyl (C=O) groups excluding carboxylic acids is 1. The van der Waals surface area contributed by atoms with Gasteiger partial charge in [0.25, 0.3) is 10.0 Å². The highest BCUT2D eigenvalue weighted by atomic mass is 32.2. The predicted octanol–water partition coefficient (Wildman–Crippen LogP) is 0.819. The summed E-state index contributed by atoms with van der Waals surface area (Å²) in [6.45, 7) is 2.02. The number of amides is 1. The lowest BCUT2D eigenvalue weighted by atomic mass is 10.4. The van der Waals surface area contributed by atoms with Crippen LogP contribution in [0.1, 0.15) is 13.3 Å². The van der Waals surface area contributed by atoms with Crippen LogP contribution in [0.4, 0.5) is 5.69 Å². The molecular formula is C11H19N3O3S2. The first kappa shape index (κ1) is 15.9. The van der Waals surface area contributed by atoms with Gasteiger partial charge in [-0.1, -0.05) is 6.92 Å². The monoisotopic (exact) mass is 305 g/mol. The number of hydrogen-bond donors (Lipinski definition) is 1. The van der Waals surface area contributed by atoms with Gasteiger partial charge >= 0.3 is 0 Å². The molecule has 0 saturated carbocycles. The van der Waals surface area contributed by atoms with Crippen LogP contribution in [0.2, 0.25) is 0 Å². The van der Waals surface area contributed by atoms with E-state index < -0.39 is 10.0 Å². The van der Waals surface area contributed by atoms with Gasteiger partial charge in [-0.05, 0) is 12.5 Å². The number of anilines is 1. The van der Waals surface area contributed by atoms with Gasteiger partial charge in [0.05, 0.1) is 6.54 Å². The Morgan fingerprint density at radius 3 is 2.47 bits per heavy atom. The van der Waals surface area contributed by atoms with Crippen LogP contribution in [0.25, 0.3) is 0 Å². The number of likely N-dealkylation sites (N-methyl/N-ethyl adjacent to an activating group) is 1. The lowest BCUT2D eigenvalue weighted by Gasteiger charge is -2.22. The van der Waals surface area contributed by atoms with E-state index in [0.717, 1.165) is 11.3 Å². The molecule has 19 heavy (non-hydrogen) atoms. The van der Waals surface area contributed by atoms with Crippen molar-refractivity contribution in [2.45, 2.75) is 17.6 Å². The Labute approximate surface area is 117 Å². The van der Waals surface area contributed by atoms with Gasteiger partial charge in [0.2, 0.25) is 5.91 Å². The standard InChI is InChI=1S/C11H19N3O3S2/c1-4-5-14(7-10(15)13(2)3)19(16,17)11-6-9(12)8-18-11/h6,8H,4-5,7,12H2,1-3H3. The fourth-order valence-electron chi connectivity index (χ4n) is 1.42. The molecule has 1 heterocycles. The molecule has 1 amide bonds. The number of rotatable bonds is 6. The van der Waals surface area contributed by atoms with Crippen LogP contribution in [0.3, 0.4) is 0 Å². The molecule has 108 valence electrons. The molecular weight excluding hydrogens is 286 g/mol. The minimum Gasteiger partial charge on any atom is -0.398 e. The highest BCUT2D eigenvalue weighted by molar-refractivity contribution is 7.91. The lowest BCUT2D eigenvalue weighted by molar-refractivity contribution is -0.128. The van der Waals surface area contributed by atoms with Gasteiger partial charge in [-0.2, -0.15) is 4.31 Å². The quantitative estimate of drug-likeness (QED) is 0.843. The number of nitrogen functional groups attached to an aromatic ring is 1. The molecule has 0 aliphatic carbocycles. The number of sulfonamides is 1. The van der Waals surface area contributed by atoms with Gasteiger partial charge in [0.15, 0.2) is 0 Å². The predicted molar refractivity (Wildman–Crippen MR) is 76.5 cm³/mol. The Morgan fingerprint density at radius 1 is 1.42 bits per heavy atom. The maximum absolute atomic E-state index is 12.4. The van der Waals surface area contributed by atoms with Gasteiger partial charge < -0.3 is 10.6 Å². The van der Waals surface area contributed by atoms with Crippen molar-refractivity contribution in [1.82, 2.24) is 9.21 Å². The molecule has 0 saturated heterocycles. The molecule has 0 bridgehead atoms. The van der Waals surface area contributed by atoms with E-state index >= 15 is 0 Å². The third-order valence-electron chi connectivity index (χ3n) is 2.47. The number of nitrogens with two attached hydrogens (primary N) is 1. The van der Waals surface area contributed by atoms with Crippen LogP contribution in [-0.4, -0.2) is 50.7 Å². The van der Waals surface area contributed by atoms with Crippen molar-refractivity contribution in [1.29, 1.82) is 0 Å². The lowest BCUT2D eigenvalue weighted by Crippen LogP contribution is -2.40. The molecule has 8 heteroatoms. The number of nitrogens with zero attached hydrogens (tertiary/aromatic N) is 2. The first-order chi connectivity index (χ1) is 8.78. The van der Waals surface area contributed by atoms with E-state index in [-0.39, 0.29) is 16.7 Å². The van der Waals surface area contributed by atoms with Gasteiger partial charge in [0, 0.05) is 31.7 Å². The zero-order chi connectivity index (χ0) is 14.6. The van der Waals surface area contributed by atoms with Gasteiger partial charge in [-0.3, -0.25) is 4.79 Å². The molecule has 0 unspecified atom stereocenters. The van der Waals surface area contributed by atoms with E-state index in [1.807, 2.05) is 6.92 Å². The van der Waals surface area contributed by atoms with Crippen LogP contribution in [-0.2, 0) is 14.8 Å². The molecule has 0 spiro atoms. The van der Waals surface area contributed by atoms with Crippen molar-refractivity contribution in [2.24, 2.45) is 0 Å². The van der Waals surface area contributed by atoms with Crippen molar-refractivity contribution >= 4 is 33.0 Å². The molecule has 0 aliphatic heterocycles. The summed E-state index contributed by atoms with van der Waals surface area (Å²) in [6.07, 6.45) is 0.640. The molecule has 1 rings (SSSR count). The Morgan fingerprint density at radius 2 is 2.05 bits per heavy atom. The van der Waals surface area contributed by atoms with E-state index in [1.54, 1.807) is 19.5 Å². The molecule has 2 N–H and O–H groups in total. The summed E-state index contributed by atoms with van der Waals surface area (Å²) < 4.78 is 26.2. The van der Waals surface area contributed by atoms with E-state index in [2.05, 4.69) is 0 Å². The summed E-state index contributed by atoms with van der Waals surface area (Å²) >= 11 is 1.07. The molecule has 1 aromatic rings. The first-order valence-corrected chi connectivity index (χ1v) is 8.15. The molecule has 0 atom stereocenters. The third-order valence-corrected chi connectivity index (χ3v) is 5.75. The summed E-state index contributed by atoms with van der Waals surface area (Å²) in [7, 11) is -0.448. The average Bonchev–Trinajstić information content (AvgIpc) is 2.75. The zero-order valence-electron chi connectivity index (χ0n) is 11.3. The minimum absolute atomic E-state index is 0.152. The summed E-state index contributed by atoms with van der Waals surface area (Å²) in [5, 5.41) is 1.57. The van der Waals surface area contributed by atoms with Crippen LogP contribution >= 0.6 is 11.3 Å². The van der Waals surface area contributed by atoms with Crippen LogP contribution in [0, 0.1) is 0 Å². The molecule has 0 aliphatic rings. The maximum atomic E-state index is 12.4. The fraction of sp³-hybridized carbons (Fsp3) is 0.545. The Kier molecular flexibility index (Phi) is 5.33. The highest BCUT2D eigenvalue weighted by Crippen LogP contribution is 2.25. The van der Waals surface area contributed by atoms with Crippen molar-refractivity contribution in [3.8, 4) is 0 Å². The molecule has 0 fully saturated rings. The van der Waals surface area contributed by atoms with E-state index in [4.69, 9.17) is 5.73 Å². The summed E-state index contributed by atoms with van der Waals surface area (Å²) in [5.74, 6) is -0.249. The van der Waals surface area contributed by atoms with Crippen molar-refractivity contribution < 1.29 is 13.2 Å². The van der Waals surface area contributed by atoms with Gasteiger partial charge in [-0.25, -0.2) is 8.42 Å². The van der Waals surface area contributed by atoms with Crippen LogP contribution in [0.15, 0.2) is 15.7 Å². The van der Waals surface area contributed by atoms with Crippen molar-refractivity contribution in [3.63, 3.8) is 0 Å². The van der Waals surface area contributed by atoms with Crippen molar-refractivity contribution in [2.75, 3.05) is 32.9 Å². The molecule has 6 nitrogen and oxygen atoms in total. The third kappa shape index (κ3) is 3.92. The Bertz CT molecular complexity index is 537. The Hall–Kier alpha value is -1.12. The summed E-state index contributed by atoms with van der Waals surface area (Å²) in [6, 6.07) is 1.42. The van der Waals surface area contributed by atoms with E-state index in [9.17, 15) is 13.2 Å². The first-order valence-electron chi connectivity index (χ1n) is 5.83. The van der Waals surface area contributed by atoms with Crippen molar-refractivity contribution in [3.05, 3.63) is 11.4 Å². The topological polar surface area (TPSA) is 83.7 Å². The minimum atomic E-state index is -3.65. The second kappa shape index (κ2) is 6.36. The normalized spacial score (nSPS) is 11.8. The van der Waals surface area contributed by atoms with Crippen LogP contribution in [0.5, 0.6) is 0 Å². The fourth-order valence-corrected chi connectivity index (χ4v) is 4.13. The van der Waals surface area contributed by atoms with Gasteiger partial charge in [0.1, 0.15) is 4.21 Å². The second-order valence-corrected chi connectivity index (χ2v) is 7.40. The number of hydrogen-bond acceptors (Lipinski definition) is 5. The van der Waals surface area contributed by atoms with E-state index in [1.165, 1.54) is 15.3 Å². The number of carbonyl (C=O) groups is 1. The zero-order valence-corrected chi connectivity index (χ0v) is 12.9. The summed E-state index contributed by atoms with van der Waals surface area (Å²) in [5.41, 5.74) is 5.97. The SMILES string of the molecule is CCCN(CC(=O)N(C)C)S(=O)(=O)c1cc(N)cs1. The second-order valence-electron chi connectivity index (χ2n) is 4.33. The smallest absolute Gasteiger partial charge is 0.253 e. The average molecular weight is 305 g/mol. The van der Waals surface area contributed by atoms with Crippen LogP contribution < -0.4 is 5.73 Å². The summed E-state index contributed by atoms with van der Waals surface area (Å²) in [4.78, 5) is 13.1.